The Bertz CT molecular complexity index is 911. The summed E-state index contributed by atoms with van der Waals surface area (Å²) in [5, 5.41) is 3.06. The highest BCUT2D eigenvalue weighted by Gasteiger charge is 2.33. The average Bonchev–Trinajstić information content (AvgIpc) is 2.61. The van der Waals surface area contributed by atoms with Crippen molar-refractivity contribution in [3.05, 3.63) is 41.6 Å². The molecular formula is C17H21F2N5O2S. The summed E-state index contributed by atoms with van der Waals surface area (Å²) in [7, 11) is -4.24. The van der Waals surface area contributed by atoms with Crippen LogP contribution in [0.1, 0.15) is 12.6 Å². The summed E-state index contributed by atoms with van der Waals surface area (Å²) in [5.41, 5.74) is 0.791. The molecular weight excluding hydrogens is 376 g/mol. The molecule has 0 atom stereocenters. The molecule has 0 radical (unpaired) electrons. The van der Waals surface area contributed by atoms with Crippen LogP contribution in [0.4, 0.5) is 20.5 Å². The van der Waals surface area contributed by atoms with Gasteiger partial charge in [0, 0.05) is 44.5 Å². The highest BCUT2D eigenvalue weighted by molar-refractivity contribution is 7.89. The van der Waals surface area contributed by atoms with Gasteiger partial charge < -0.3 is 10.2 Å². The number of nitrogens with zero attached hydrogens (tertiary/aromatic N) is 4. The largest absolute Gasteiger partial charge is 0.354 e. The van der Waals surface area contributed by atoms with E-state index in [1.165, 1.54) is 0 Å². The lowest BCUT2D eigenvalue weighted by Crippen LogP contribution is -2.49. The molecule has 0 saturated carbocycles. The van der Waals surface area contributed by atoms with Crippen molar-refractivity contribution in [1.29, 1.82) is 0 Å². The highest BCUT2D eigenvalue weighted by atomic mass is 32.2. The van der Waals surface area contributed by atoms with E-state index in [9.17, 15) is 17.2 Å². The second-order valence-electron chi connectivity index (χ2n) is 6.16. The predicted octanol–water partition coefficient (Wildman–Crippen LogP) is 2.01. The molecule has 0 amide bonds. The Kier molecular flexibility index (Phi) is 5.56. The van der Waals surface area contributed by atoms with Gasteiger partial charge in [-0.3, -0.25) is 0 Å². The van der Waals surface area contributed by atoms with Crippen molar-refractivity contribution in [3.63, 3.8) is 0 Å². The van der Waals surface area contributed by atoms with Crippen LogP contribution in [0.25, 0.3) is 0 Å². The fraction of sp³-hybridized carbons (Fsp3) is 0.412. The zero-order chi connectivity index (χ0) is 19.6. The molecule has 0 spiro atoms. The molecule has 2 aromatic rings. The molecule has 1 aromatic heterocycles. The van der Waals surface area contributed by atoms with Crippen molar-refractivity contribution in [2.24, 2.45) is 0 Å². The zero-order valence-electron chi connectivity index (χ0n) is 15.1. The number of hydrogen-bond donors (Lipinski definition) is 1. The minimum Gasteiger partial charge on any atom is -0.354 e. The molecule has 1 N–H and O–H groups in total. The molecule has 2 heterocycles. The molecule has 3 rings (SSSR count). The third kappa shape index (κ3) is 4.01. The van der Waals surface area contributed by atoms with Crippen LogP contribution in [0.2, 0.25) is 0 Å². The molecule has 10 heteroatoms. The van der Waals surface area contributed by atoms with Crippen LogP contribution in [0.5, 0.6) is 0 Å². The minimum atomic E-state index is -4.24. The number of nitrogens with one attached hydrogen (secondary N) is 1. The van der Waals surface area contributed by atoms with Gasteiger partial charge in [-0.25, -0.2) is 22.2 Å². The molecule has 1 aromatic carbocycles. The molecule has 7 nitrogen and oxygen atoms in total. The van der Waals surface area contributed by atoms with Gasteiger partial charge in [0.05, 0.1) is 0 Å². The van der Waals surface area contributed by atoms with Gasteiger partial charge >= 0.3 is 0 Å². The summed E-state index contributed by atoms with van der Waals surface area (Å²) in [5.74, 6) is -0.971. The highest BCUT2D eigenvalue weighted by Crippen LogP contribution is 2.25. The molecule has 0 bridgehead atoms. The number of piperazine rings is 1. The molecule has 1 aliphatic heterocycles. The Morgan fingerprint density at radius 1 is 1.11 bits per heavy atom. The first-order valence-electron chi connectivity index (χ1n) is 8.61. The van der Waals surface area contributed by atoms with E-state index in [2.05, 4.69) is 15.3 Å². The zero-order valence-corrected chi connectivity index (χ0v) is 15.9. The average molecular weight is 397 g/mol. The number of rotatable bonds is 5. The predicted molar refractivity (Wildman–Crippen MR) is 98.3 cm³/mol. The number of aryl methyl sites for hydroxylation is 1. The van der Waals surface area contributed by atoms with Crippen LogP contribution in [0, 0.1) is 18.6 Å². The summed E-state index contributed by atoms with van der Waals surface area (Å²) >= 11 is 0. The smallest absolute Gasteiger partial charge is 0.249 e. The van der Waals surface area contributed by atoms with Gasteiger partial charge in [-0.1, -0.05) is 6.07 Å². The van der Waals surface area contributed by atoms with E-state index in [1.807, 2.05) is 24.8 Å². The van der Waals surface area contributed by atoms with Crippen LogP contribution in [0.15, 0.2) is 29.2 Å². The standard InChI is InChI=1S/C17H21F2N5O2S/c1-3-20-17-21-12(2)11-15(22-17)23-7-9-24(10-8-23)27(25,26)16-13(18)5-4-6-14(16)19/h4-6,11H,3,7-10H2,1-2H3,(H,20,21,22). The van der Waals surface area contributed by atoms with Crippen molar-refractivity contribution in [3.8, 4) is 0 Å². The summed E-state index contributed by atoms with van der Waals surface area (Å²) in [6, 6.07) is 4.85. The van der Waals surface area contributed by atoms with Crippen LogP contribution in [-0.4, -0.2) is 55.4 Å². The second-order valence-corrected chi connectivity index (χ2v) is 8.04. The lowest BCUT2D eigenvalue weighted by Gasteiger charge is -2.34. The van der Waals surface area contributed by atoms with E-state index in [-0.39, 0.29) is 13.1 Å². The van der Waals surface area contributed by atoms with Crippen molar-refractivity contribution in [1.82, 2.24) is 14.3 Å². The molecule has 0 unspecified atom stereocenters. The van der Waals surface area contributed by atoms with Gasteiger partial charge in [0.1, 0.15) is 17.5 Å². The summed E-state index contributed by atoms with van der Waals surface area (Å²) in [4.78, 5) is 9.76. The first-order chi connectivity index (χ1) is 12.8. The molecule has 1 saturated heterocycles. The van der Waals surface area contributed by atoms with Crippen molar-refractivity contribution < 1.29 is 17.2 Å². The first-order valence-corrected chi connectivity index (χ1v) is 10.1. The second kappa shape index (κ2) is 7.73. The van der Waals surface area contributed by atoms with E-state index >= 15 is 0 Å². The molecule has 0 aliphatic carbocycles. The number of sulfonamides is 1. The molecule has 27 heavy (non-hydrogen) atoms. The Balaban J connectivity index is 1.77. The Morgan fingerprint density at radius 3 is 2.33 bits per heavy atom. The molecule has 1 aliphatic rings. The topological polar surface area (TPSA) is 78.4 Å². The van der Waals surface area contributed by atoms with Crippen LogP contribution < -0.4 is 10.2 Å². The number of halogens is 2. The van der Waals surface area contributed by atoms with Gasteiger partial charge in [-0.2, -0.15) is 9.29 Å². The van der Waals surface area contributed by atoms with Crippen LogP contribution >= 0.6 is 0 Å². The van der Waals surface area contributed by atoms with Crippen LogP contribution in [0.3, 0.4) is 0 Å². The maximum atomic E-state index is 13.9. The third-order valence-electron chi connectivity index (χ3n) is 4.26. The maximum absolute atomic E-state index is 13.9. The fourth-order valence-electron chi connectivity index (χ4n) is 2.97. The Morgan fingerprint density at radius 2 is 1.74 bits per heavy atom. The number of aromatic nitrogens is 2. The summed E-state index contributed by atoms with van der Waals surface area (Å²) in [6.45, 7) is 5.41. The lowest BCUT2D eigenvalue weighted by atomic mass is 10.3. The third-order valence-corrected chi connectivity index (χ3v) is 6.21. The van der Waals surface area contributed by atoms with Gasteiger partial charge in [0.2, 0.25) is 16.0 Å². The van der Waals surface area contributed by atoms with Crippen molar-refractivity contribution in [2.45, 2.75) is 18.7 Å². The fourth-order valence-corrected chi connectivity index (χ4v) is 4.50. The Labute approximate surface area is 157 Å². The van der Waals surface area contributed by atoms with E-state index < -0.39 is 26.6 Å². The quantitative estimate of drug-likeness (QED) is 0.832. The minimum absolute atomic E-state index is 0.107. The first kappa shape index (κ1) is 19.4. The number of benzene rings is 1. The van der Waals surface area contributed by atoms with E-state index in [0.29, 0.717) is 31.4 Å². The van der Waals surface area contributed by atoms with Gasteiger partial charge in [0.25, 0.3) is 0 Å². The Hall–Kier alpha value is -2.33. The van der Waals surface area contributed by atoms with Gasteiger partial charge in [-0.15, -0.1) is 0 Å². The van der Waals surface area contributed by atoms with Gasteiger partial charge in [0.15, 0.2) is 4.90 Å². The maximum Gasteiger partial charge on any atom is 0.249 e. The van der Waals surface area contributed by atoms with E-state index in [1.54, 1.807) is 0 Å². The number of hydrogen-bond acceptors (Lipinski definition) is 6. The van der Waals surface area contributed by atoms with E-state index in [4.69, 9.17) is 0 Å². The molecule has 146 valence electrons. The molecule has 1 fully saturated rings. The number of anilines is 2. The van der Waals surface area contributed by atoms with E-state index in [0.717, 1.165) is 28.2 Å². The van der Waals surface area contributed by atoms with Crippen molar-refractivity contribution in [2.75, 3.05) is 42.9 Å². The normalized spacial score (nSPS) is 15.8. The van der Waals surface area contributed by atoms with Gasteiger partial charge in [-0.05, 0) is 26.0 Å². The lowest BCUT2D eigenvalue weighted by molar-refractivity contribution is 0.377. The van der Waals surface area contributed by atoms with Crippen molar-refractivity contribution >= 4 is 21.8 Å². The van der Waals surface area contributed by atoms with Crippen LogP contribution in [-0.2, 0) is 10.0 Å². The summed E-state index contributed by atoms with van der Waals surface area (Å²) < 4.78 is 54.3. The monoisotopic (exact) mass is 397 g/mol. The SMILES string of the molecule is CCNc1nc(C)cc(N2CCN(S(=O)(=O)c3c(F)cccc3F)CC2)n1. The summed E-state index contributed by atoms with van der Waals surface area (Å²) in [6.07, 6.45) is 0.